The van der Waals surface area contributed by atoms with E-state index in [0.29, 0.717) is 0 Å². The van der Waals surface area contributed by atoms with E-state index in [9.17, 15) is 5.11 Å². The number of morpholine rings is 1. The molecule has 88 valence electrons. The van der Waals surface area contributed by atoms with Gasteiger partial charge in [-0.2, -0.15) is 0 Å². The maximum Gasteiger partial charge on any atom is 0.0960 e. The number of hydrogen-bond acceptors (Lipinski definition) is 3. The fraction of sp³-hybridized carbons (Fsp3) is 1.00. The van der Waals surface area contributed by atoms with Crippen molar-refractivity contribution in [1.29, 1.82) is 0 Å². The van der Waals surface area contributed by atoms with E-state index < -0.39 is 0 Å². The van der Waals surface area contributed by atoms with Crippen LogP contribution in [0, 0.1) is 5.92 Å². The van der Waals surface area contributed by atoms with Gasteiger partial charge in [-0.25, -0.2) is 0 Å². The van der Waals surface area contributed by atoms with E-state index in [0.717, 1.165) is 32.0 Å². The average molecular weight is 213 g/mol. The number of rotatable bonds is 3. The van der Waals surface area contributed by atoms with Crippen molar-refractivity contribution in [2.24, 2.45) is 5.92 Å². The molecule has 2 atom stereocenters. The van der Waals surface area contributed by atoms with Crippen LogP contribution in [0.25, 0.3) is 0 Å². The lowest BCUT2D eigenvalue weighted by Crippen LogP contribution is -2.46. The van der Waals surface area contributed by atoms with Gasteiger partial charge < -0.3 is 14.7 Å². The van der Waals surface area contributed by atoms with Gasteiger partial charge in [-0.15, -0.1) is 0 Å². The first-order valence-electron chi connectivity index (χ1n) is 6.24. The van der Waals surface area contributed by atoms with E-state index >= 15 is 0 Å². The Morgan fingerprint density at radius 3 is 2.80 bits per heavy atom. The summed E-state index contributed by atoms with van der Waals surface area (Å²) in [6.07, 6.45) is 6.05. The van der Waals surface area contributed by atoms with Crippen LogP contribution in [-0.4, -0.2) is 49.0 Å². The third-order valence-electron chi connectivity index (χ3n) is 3.78. The van der Waals surface area contributed by atoms with Crippen LogP contribution in [0.15, 0.2) is 0 Å². The molecule has 1 aliphatic heterocycles. The minimum absolute atomic E-state index is 0.0457. The van der Waals surface area contributed by atoms with Gasteiger partial charge in [-0.1, -0.05) is 25.7 Å². The Balaban J connectivity index is 1.76. The average Bonchev–Trinajstić information content (AvgIpc) is 2.70. The smallest absolute Gasteiger partial charge is 0.0960 e. The van der Waals surface area contributed by atoms with Crippen molar-refractivity contribution >= 4 is 0 Å². The molecule has 0 radical (unpaired) electrons. The maximum absolute atomic E-state index is 10.1. The third-order valence-corrected chi connectivity index (χ3v) is 3.78. The number of hydrogen-bond donors (Lipinski definition) is 1. The highest BCUT2D eigenvalue weighted by molar-refractivity contribution is 4.80. The second-order valence-corrected chi connectivity index (χ2v) is 5.13. The Kier molecular flexibility index (Phi) is 4.00. The summed E-state index contributed by atoms with van der Waals surface area (Å²) in [4.78, 5) is 2.24. The maximum atomic E-state index is 10.1. The quantitative estimate of drug-likeness (QED) is 0.766. The van der Waals surface area contributed by atoms with E-state index in [1.165, 1.54) is 25.7 Å². The molecular weight excluding hydrogens is 190 g/mol. The fourth-order valence-electron chi connectivity index (χ4n) is 2.78. The van der Waals surface area contributed by atoms with Gasteiger partial charge in [0.2, 0.25) is 0 Å². The molecule has 1 heterocycles. The van der Waals surface area contributed by atoms with E-state index in [1.807, 2.05) is 0 Å². The summed E-state index contributed by atoms with van der Waals surface area (Å²) in [5, 5.41) is 10.1. The summed E-state index contributed by atoms with van der Waals surface area (Å²) in [5.74, 6) is 0.746. The van der Waals surface area contributed by atoms with Crippen LogP contribution in [0.3, 0.4) is 0 Å². The van der Waals surface area contributed by atoms with Gasteiger partial charge in [-0.05, 0) is 19.4 Å². The summed E-state index contributed by atoms with van der Waals surface area (Å²) in [7, 11) is 2.10. The number of nitrogens with zero attached hydrogens (tertiary/aromatic N) is 1. The molecule has 1 saturated carbocycles. The molecule has 0 aromatic rings. The molecule has 1 N–H and O–H groups in total. The predicted octanol–water partition coefficient (Wildman–Crippen LogP) is 1.26. The summed E-state index contributed by atoms with van der Waals surface area (Å²) in [6, 6.07) is 0. The summed E-state index contributed by atoms with van der Waals surface area (Å²) >= 11 is 0. The van der Waals surface area contributed by atoms with Crippen LogP contribution >= 0.6 is 0 Å². The lowest BCUT2D eigenvalue weighted by Gasteiger charge is -2.33. The molecule has 3 nitrogen and oxygen atoms in total. The topological polar surface area (TPSA) is 32.7 Å². The molecule has 0 aromatic heterocycles. The molecule has 2 aliphatic rings. The zero-order valence-electron chi connectivity index (χ0n) is 9.69. The lowest BCUT2D eigenvalue weighted by atomic mass is 9.96. The summed E-state index contributed by atoms with van der Waals surface area (Å²) in [5.41, 5.74) is 0. The van der Waals surface area contributed by atoms with E-state index in [2.05, 4.69) is 11.9 Å². The number of aliphatic hydroxyl groups is 1. The Bertz CT molecular complexity index is 192. The monoisotopic (exact) mass is 213 g/mol. The van der Waals surface area contributed by atoms with Crippen molar-refractivity contribution in [3.63, 3.8) is 0 Å². The van der Waals surface area contributed by atoms with Crippen molar-refractivity contribution in [3.05, 3.63) is 0 Å². The van der Waals surface area contributed by atoms with Gasteiger partial charge >= 0.3 is 0 Å². The highest BCUT2D eigenvalue weighted by atomic mass is 16.5. The molecule has 2 fully saturated rings. The summed E-state index contributed by atoms with van der Waals surface area (Å²) < 4.78 is 5.63. The molecule has 2 rings (SSSR count). The van der Waals surface area contributed by atoms with Gasteiger partial charge in [0.1, 0.15) is 0 Å². The van der Waals surface area contributed by atoms with Crippen molar-refractivity contribution in [1.82, 2.24) is 4.90 Å². The molecule has 1 saturated heterocycles. The minimum atomic E-state index is -0.254. The van der Waals surface area contributed by atoms with Crippen LogP contribution in [0.1, 0.15) is 32.1 Å². The van der Waals surface area contributed by atoms with Crippen LogP contribution in [0.4, 0.5) is 0 Å². The standard InChI is InChI=1S/C12H23NO2/c1-13-6-7-15-12(9-13)11(14)8-10-4-2-3-5-10/h10-12,14H,2-9H2,1H3. The number of ether oxygens (including phenoxy) is 1. The molecular formula is C12H23NO2. The van der Waals surface area contributed by atoms with Crippen LogP contribution in [0.5, 0.6) is 0 Å². The normalized spacial score (nSPS) is 32.0. The number of aliphatic hydroxyl groups excluding tert-OH is 1. The van der Waals surface area contributed by atoms with E-state index in [1.54, 1.807) is 0 Å². The molecule has 0 amide bonds. The number of likely N-dealkylation sites (N-methyl/N-ethyl adjacent to an activating group) is 1. The fourth-order valence-corrected chi connectivity index (χ4v) is 2.78. The Labute approximate surface area is 92.4 Å². The second kappa shape index (κ2) is 5.28. The lowest BCUT2D eigenvalue weighted by molar-refractivity contribution is -0.0887. The SMILES string of the molecule is CN1CCOC(C(O)CC2CCCC2)C1. The van der Waals surface area contributed by atoms with Gasteiger partial charge in [0, 0.05) is 13.1 Å². The zero-order chi connectivity index (χ0) is 10.7. The first kappa shape index (κ1) is 11.4. The van der Waals surface area contributed by atoms with Crippen LogP contribution < -0.4 is 0 Å². The van der Waals surface area contributed by atoms with Crippen molar-refractivity contribution in [2.45, 2.75) is 44.3 Å². The van der Waals surface area contributed by atoms with Gasteiger partial charge in [-0.3, -0.25) is 0 Å². The largest absolute Gasteiger partial charge is 0.390 e. The van der Waals surface area contributed by atoms with Crippen LogP contribution in [0.2, 0.25) is 0 Å². The molecule has 0 aromatic carbocycles. The van der Waals surface area contributed by atoms with Gasteiger partial charge in [0.15, 0.2) is 0 Å². The Morgan fingerprint density at radius 1 is 1.40 bits per heavy atom. The van der Waals surface area contributed by atoms with Crippen molar-refractivity contribution in [3.8, 4) is 0 Å². The molecule has 0 spiro atoms. The molecule has 1 aliphatic carbocycles. The van der Waals surface area contributed by atoms with E-state index in [4.69, 9.17) is 4.74 Å². The molecule has 2 unspecified atom stereocenters. The van der Waals surface area contributed by atoms with Crippen molar-refractivity contribution < 1.29 is 9.84 Å². The van der Waals surface area contributed by atoms with Crippen LogP contribution in [-0.2, 0) is 4.74 Å². The molecule has 3 heteroatoms. The Hall–Kier alpha value is -0.120. The third kappa shape index (κ3) is 3.16. The predicted molar refractivity (Wildman–Crippen MR) is 59.8 cm³/mol. The zero-order valence-corrected chi connectivity index (χ0v) is 9.69. The minimum Gasteiger partial charge on any atom is -0.390 e. The Morgan fingerprint density at radius 2 is 2.13 bits per heavy atom. The highest BCUT2D eigenvalue weighted by Gasteiger charge is 2.28. The van der Waals surface area contributed by atoms with Crippen molar-refractivity contribution in [2.75, 3.05) is 26.7 Å². The highest BCUT2D eigenvalue weighted by Crippen LogP contribution is 2.29. The first-order valence-corrected chi connectivity index (χ1v) is 6.24. The van der Waals surface area contributed by atoms with Gasteiger partial charge in [0.25, 0.3) is 0 Å². The first-order chi connectivity index (χ1) is 7.25. The molecule has 0 bridgehead atoms. The van der Waals surface area contributed by atoms with E-state index in [-0.39, 0.29) is 12.2 Å². The molecule has 15 heavy (non-hydrogen) atoms. The summed E-state index contributed by atoms with van der Waals surface area (Å²) in [6.45, 7) is 2.64. The van der Waals surface area contributed by atoms with Gasteiger partial charge in [0.05, 0.1) is 18.8 Å². The second-order valence-electron chi connectivity index (χ2n) is 5.13.